The molecule has 21 heavy (non-hydrogen) atoms. The van der Waals surface area contributed by atoms with Crippen LogP contribution in [0.3, 0.4) is 0 Å². The molecule has 0 aliphatic carbocycles. The Labute approximate surface area is 137 Å². The van der Waals surface area contributed by atoms with Crippen LogP contribution in [0.15, 0.2) is 59.5 Å². The van der Waals surface area contributed by atoms with Crippen LogP contribution in [-0.4, -0.2) is 19.3 Å². The predicted octanol–water partition coefficient (Wildman–Crippen LogP) is 4.90. The van der Waals surface area contributed by atoms with E-state index in [1.165, 1.54) is 16.9 Å². The van der Waals surface area contributed by atoms with Crippen LogP contribution in [-0.2, 0) is 6.42 Å². The molecule has 3 heteroatoms. The van der Waals surface area contributed by atoms with Gasteiger partial charge in [0.1, 0.15) is 0 Å². The fourth-order valence-corrected chi connectivity index (χ4v) is 3.65. The van der Waals surface area contributed by atoms with Gasteiger partial charge in [0.25, 0.3) is 0 Å². The molecule has 0 radical (unpaired) electrons. The Morgan fingerprint density at radius 1 is 1.05 bits per heavy atom. The molecule has 1 nitrogen and oxygen atoms in total. The summed E-state index contributed by atoms with van der Waals surface area (Å²) in [5.41, 5.74) is 1.25. The lowest BCUT2D eigenvalue weighted by Gasteiger charge is -2.17. The van der Waals surface area contributed by atoms with Gasteiger partial charge in [-0.15, -0.1) is 11.8 Å². The molecule has 0 aromatic heterocycles. The first-order valence-electron chi connectivity index (χ1n) is 7.35. The Morgan fingerprint density at radius 2 is 1.76 bits per heavy atom. The number of rotatable bonds is 8. The summed E-state index contributed by atoms with van der Waals surface area (Å²) < 4.78 is 0. The first-order valence-corrected chi connectivity index (χ1v) is 8.72. The van der Waals surface area contributed by atoms with Gasteiger partial charge in [0.15, 0.2) is 0 Å². The number of halogens is 1. The highest BCUT2D eigenvalue weighted by Crippen LogP contribution is 2.24. The number of benzene rings is 2. The van der Waals surface area contributed by atoms with Crippen molar-refractivity contribution in [2.24, 2.45) is 5.92 Å². The standard InChI is InChI=1S/C18H22ClNS/c1-20-14-15(13-16-7-5-6-10-18(16)19)11-12-21-17-8-3-2-4-9-17/h2-10,15,20H,11-14H2,1H3. The van der Waals surface area contributed by atoms with E-state index in [4.69, 9.17) is 11.6 Å². The second kappa shape index (κ2) is 9.14. The van der Waals surface area contributed by atoms with Crippen molar-refractivity contribution in [2.75, 3.05) is 19.3 Å². The molecule has 1 unspecified atom stereocenters. The number of thioether (sulfide) groups is 1. The van der Waals surface area contributed by atoms with Gasteiger partial charge in [0.05, 0.1) is 0 Å². The average Bonchev–Trinajstić information content (AvgIpc) is 2.51. The molecule has 0 aliphatic heterocycles. The van der Waals surface area contributed by atoms with Gasteiger partial charge in [-0.2, -0.15) is 0 Å². The van der Waals surface area contributed by atoms with Gasteiger partial charge < -0.3 is 5.32 Å². The summed E-state index contributed by atoms with van der Waals surface area (Å²) in [6.07, 6.45) is 2.22. The number of nitrogens with one attached hydrogen (secondary N) is 1. The maximum absolute atomic E-state index is 6.27. The van der Waals surface area contributed by atoms with Gasteiger partial charge >= 0.3 is 0 Å². The second-order valence-corrected chi connectivity index (χ2v) is 6.74. The van der Waals surface area contributed by atoms with E-state index < -0.39 is 0 Å². The summed E-state index contributed by atoms with van der Waals surface area (Å²) in [5, 5.41) is 4.19. The number of hydrogen-bond donors (Lipinski definition) is 1. The van der Waals surface area contributed by atoms with E-state index in [2.05, 4.69) is 47.8 Å². The first kappa shape index (κ1) is 16.4. The fourth-order valence-electron chi connectivity index (χ4n) is 2.40. The Morgan fingerprint density at radius 3 is 2.48 bits per heavy atom. The summed E-state index contributed by atoms with van der Waals surface area (Å²) in [4.78, 5) is 1.35. The molecule has 0 heterocycles. The predicted molar refractivity (Wildman–Crippen MR) is 94.4 cm³/mol. The summed E-state index contributed by atoms with van der Waals surface area (Å²) in [6, 6.07) is 18.8. The largest absolute Gasteiger partial charge is 0.319 e. The second-order valence-electron chi connectivity index (χ2n) is 5.17. The molecular formula is C18H22ClNS. The minimum Gasteiger partial charge on any atom is -0.319 e. The van der Waals surface area contributed by atoms with Gasteiger partial charge in [-0.05, 0) is 61.9 Å². The highest BCUT2D eigenvalue weighted by molar-refractivity contribution is 7.99. The minimum absolute atomic E-state index is 0.617. The van der Waals surface area contributed by atoms with E-state index >= 15 is 0 Å². The van der Waals surface area contributed by atoms with E-state index in [9.17, 15) is 0 Å². The van der Waals surface area contributed by atoms with Crippen LogP contribution < -0.4 is 5.32 Å². The highest BCUT2D eigenvalue weighted by Gasteiger charge is 2.11. The lowest BCUT2D eigenvalue weighted by atomic mass is 9.97. The topological polar surface area (TPSA) is 12.0 Å². The van der Waals surface area contributed by atoms with Gasteiger partial charge in [-0.3, -0.25) is 0 Å². The molecule has 0 bridgehead atoms. The molecule has 0 saturated carbocycles. The zero-order valence-electron chi connectivity index (χ0n) is 12.4. The van der Waals surface area contributed by atoms with Gasteiger partial charge in [0, 0.05) is 9.92 Å². The molecule has 112 valence electrons. The maximum atomic E-state index is 6.27. The normalized spacial score (nSPS) is 12.3. The third-order valence-electron chi connectivity index (χ3n) is 3.50. The molecule has 0 fully saturated rings. The van der Waals surface area contributed by atoms with Crippen molar-refractivity contribution in [1.82, 2.24) is 5.32 Å². The molecule has 0 saturated heterocycles. The average molecular weight is 320 g/mol. The Balaban J connectivity index is 1.86. The van der Waals surface area contributed by atoms with E-state index in [0.717, 1.165) is 23.7 Å². The molecule has 2 aromatic carbocycles. The van der Waals surface area contributed by atoms with Crippen LogP contribution in [0.1, 0.15) is 12.0 Å². The van der Waals surface area contributed by atoms with Gasteiger partial charge in [-0.25, -0.2) is 0 Å². The Bertz CT molecular complexity index is 530. The zero-order valence-corrected chi connectivity index (χ0v) is 14.0. The lowest BCUT2D eigenvalue weighted by molar-refractivity contribution is 0.484. The molecule has 1 atom stereocenters. The van der Waals surface area contributed by atoms with Crippen LogP contribution in [0.25, 0.3) is 0 Å². The van der Waals surface area contributed by atoms with Crippen LogP contribution in [0, 0.1) is 5.92 Å². The smallest absolute Gasteiger partial charge is 0.0438 e. The third-order valence-corrected chi connectivity index (χ3v) is 4.91. The summed E-state index contributed by atoms with van der Waals surface area (Å²) in [5.74, 6) is 1.76. The number of hydrogen-bond acceptors (Lipinski definition) is 2. The zero-order chi connectivity index (χ0) is 14.9. The quantitative estimate of drug-likeness (QED) is 0.694. The molecule has 0 spiro atoms. The summed E-state index contributed by atoms with van der Waals surface area (Å²) >= 11 is 8.20. The molecule has 1 N–H and O–H groups in total. The van der Waals surface area contributed by atoms with Crippen LogP contribution >= 0.6 is 23.4 Å². The highest BCUT2D eigenvalue weighted by atomic mass is 35.5. The minimum atomic E-state index is 0.617. The lowest BCUT2D eigenvalue weighted by Crippen LogP contribution is -2.21. The molecule has 0 amide bonds. The maximum Gasteiger partial charge on any atom is 0.0438 e. The summed E-state index contributed by atoms with van der Waals surface area (Å²) in [6.45, 7) is 1.03. The van der Waals surface area contributed by atoms with Gasteiger partial charge in [0.2, 0.25) is 0 Å². The van der Waals surface area contributed by atoms with Crippen LogP contribution in [0.5, 0.6) is 0 Å². The monoisotopic (exact) mass is 319 g/mol. The van der Waals surface area contributed by atoms with E-state index in [0.29, 0.717) is 5.92 Å². The van der Waals surface area contributed by atoms with Crippen LogP contribution in [0.4, 0.5) is 0 Å². The molecule has 2 rings (SSSR count). The van der Waals surface area contributed by atoms with Crippen molar-refractivity contribution in [2.45, 2.75) is 17.7 Å². The molecule has 0 aliphatic rings. The van der Waals surface area contributed by atoms with Crippen LogP contribution in [0.2, 0.25) is 5.02 Å². The van der Waals surface area contributed by atoms with Crippen molar-refractivity contribution in [3.05, 3.63) is 65.2 Å². The molecular weight excluding hydrogens is 298 g/mol. The van der Waals surface area contributed by atoms with Crippen molar-refractivity contribution in [1.29, 1.82) is 0 Å². The van der Waals surface area contributed by atoms with Crippen molar-refractivity contribution >= 4 is 23.4 Å². The van der Waals surface area contributed by atoms with Gasteiger partial charge in [-0.1, -0.05) is 48.0 Å². The van der Waals surface area contributed by atoms with E-state index in [-0.39, 0.29) is 0 Å². The Kier molecular flexibility index (Phi) is 7.14. The van der Waals surface area contributed by atoms with Crippen molar-refractivity contribution in [3.63, 3.8) is 0 Å². The fraction of sp³-hybridized carbons (Fsp3) is 0.333. The van der Waals surface area contributed by atoms with E-state index in [1.807, 2.05) is 30.9 Å². The van der Waals surface area contributed by atoms with Crippen molar-refractivity contribution in [3.8, 4) is 0 Å². The SMILES string of the molecule is CNCC(CCSc1ccccc1)Cc1ccccc1Cl. The van der Waals surface area contributed by atoms with Crippen molar-refractivity contribution < 1.29 is 0 Å². The van der Waals surface area contributed by atoms with E-state index in [1.54, 1.807) is 0 Å². The summed E-state index contributed by atoms with van der Waals surface area (Å²) in [7, 11) is 2.02. The first-order chi connectivity index (χ1) is 10.3. The Hall–Kier alpha value is -0.960. The third kappa shape index (κ3) is 5.74. The molecule has 2 aromatic rings.